The first-order valence-electron chi connectivity index (χ1n) is 7.21. The number of phenols is 1. The number of nitrogens with zero attached hydrogens (tertiary/aromatic N) is 1. The molecule has 3 aromatic rings. The van der Waals surface area contributed by atoms with Gasteiger partial charge in [0.25, 0.3) is 10.0 Å². The van der Waals surface area contributed by atoms with Gasteiger partial charge in [0, 0.05) is 5.39 Å². The van der Waals surface area contributed by atoms with Crippen molar-refractivity contribution in [2.75, 3.05) is 9.44 Å². The summed E-state index contributed by atoms with van der Waals surface area (Å²) in [5, 5.41) is 10.4. The van der Waals surface area contributed by atoms with E-state index in [2.05, 4.69) is 0 Å². The average Bonchev–Trinajstić information content (AvgIpc) is 2.56. The number of hydrogen-bond acceptors (Lipinski definition) is 6. The second kappa shape index (κ2) is 6.16. The maximum absolute atomic E-state index is 12.9. The van der Waals surface area contributed by atoms with E-state index in [4.69, 9.17) is 5.73 Å². The summed E-state index contributed by atoms with van der Waals surface area (Å²) in [5.74, 6) is -0.354. The number of sulfonamides is 1. The van der Waals surface area contributed by atoms with Crippen molar-refractivity contribution in [1.82, 2.24) is 0 Å². The van der Waals surface area contributed by atoms with E-state index in [0.29, 0.717) is 10.8 Å². The molecule has 0 saturated carbocycles. The molecular weight excluding hydrogens is 380 g/mol. The van der Waals surface area contributed by atoms with Crippen LogP contribution in [0.25, 0.3) is 10.8 Å². The first-order chi connectivity index (χ1) is 12.1. The van der Waals surface area contributed by atoms with Gasteiger partial charge >= 0.3 is 10.3 Å². The number of benzene rings is 3. The molecule has 0 aromatic heterocycles. The van der Waals surface area contributed by atoms with Gasteiger partial charge in [0.1, 0.15) is 5.75 Å². The lowest BCUT2D eigenvalue weighted by atomic mass is 10.1. The van der Waals surface area contributed by atoms with Gasteiger partial charge in [-0.1, -0.05) is 36.4 Å². The van der Waals surface area contributed by atoms with E-state index in [9.17, 15) is 26.5 Å². The van der Waals surface area contributed by atoms with Crippen LogP contribution < -0.4 is 9.44 Å². The Hall–Kier alpha value is -2.82. The predicted molar refractivity (Wildman–Crippen MR) is 97.7 cm³/mol. The molecule has 0 aliphatic carbocycles. The summed E-state index contributed by atoms with van der Waals surface area (Å²) in [7, 11) is -9.93. The number of fused-ring (bicyclic) bond motifs is 1. The molecule has 0 aliphatic heterocycles. The molecular formula is C16H14N2O6S2. The van der Waals surface area contributed by atoms with E-state index in [0.717, 1.165) is 18.2 Å². The number of hydrogen-bond donors (Lipinski definition) is 3. The number of anilines is 2. The Balaban J connectivity index is 2.32. The van der Waals surface area contributed by atoms with Crippen molar-refractivity contribution in [3.8, 4) is 5.75 Å². The number of nitrogen functional groups attached to an aromatic ring is 1. The van der Waals surface area contributed by atoms with Crippen LogP contribution in [-0.2, 0) is 20.3 Å². The quantitative estimate of drug-likeness (QED) is 0.350. The van der Waals surface area contributed by atoms with Crippen LogP contribution in [0.15, 0.2) is 65.6 Å². The van der Waals surface area contributed by atoms with Gasteiger partial charge in [0.05, 0.1) is 16.3 Å². The van der Waals surface area contributed by atoms with E-state index in [-0.39, 0.29) is 20.8 Å². The van der Waals surface area contributed by atoms with Gasteiger partial charge in [-0.05, 0) is 29.7 Å². The summed E-state index contributed by atoms with van der Waals surface area (Å²) in [6.07, 6.45) is 0. The fourth-order valence-electron chi connectivity index (χ4n) is 2.53. The highest BCUT2D eigenvalue weighted by molar-refractivity contribution is 8.08. The van der Waals surface area contributed by atoms with Gasteiger partial charge in [0.15, 0.2) is 0 Å². The lowest BCUT2D eigenvalue weighted by Gasteiger charge is -2.22. The van der Waals surface area contributed by atoms with Crippen LogP contribution in [0.1, 0.15) is 0 Å². The maximum atomic E-state index is 12.9. The highest BCUT2D eigenvalue weighted by atomic mass is 32.3. The molecule has 136 valence electrons. The highest BCUT2D eigenvalue weighted by Crippen LogP contribution is 2.34. The zero-order valence-electron chi connectivity index (χ0n) is 13.1. The summed E-state index contributed by atoms with van der Waals surface area (Å²) in [5.41, 5.74) is 5.02. The summed E-state index contributed by atoms with van der Waals surface area (Å²) in [4.78, 5) is -0.502. The number of nitrogens with two attached hydrogens (primary N) is 1. The zero-order chi connectivity index (χ0) is 19.1. The number of phenolic OH excluding ortho intramolecular Hbond substituents is 1. The number of aromatic hydroxyl groups is 1. The average molecular weight is 394 g/mol. The standard InChI is InChI=1S/C16H14N2O6S2/c17-14-10-12(8-9-16(14)19)25(20,21)18(26(22,23)24)15-7-3-5-11-4-1-2-6-13(11)15/h1-10,19H,17H2,(H,22,23,24). The summed E-state index contributed by atoms with van der Waals surface area (Å²) in [6.45, 7) is 0. The van der Waals surface area contributed by atoms with Gasteiger partial charge in [-0.3, -0.25) is 4.55 Å². The minimum absolute atomic E-state index is 0.0614. The first-order valence-corrected chi connectivity index (χ1v) is 10.1. The molecule has 0 aliphatic rings. The Morgan fingerprint density at radius 2 is 1.54 bits per heavy atom. The third-order valence-corrected chi connectivity index (χ3v) is 6.94. The van der Waals surface area contributed by atoms with Crippen molar-refractivity contribution >= 4 is 42.5 Å². The molecule has 0 unspecified atom stereocenters. The molecule has 0 heterocycles. The monoisotopic (exact) mass is 394 g/mol. The van der Waals surface area contributed by atoms with E-state index in [1.165, 1.54) is 18.2 Å². The zero-order valence-corrected chi connectivity index (χ0v) is 14.8. The molecule has 10 heteroatoms. The largest absolute Gasteiger partial charge is 0.506 e. The molecule has 0 spiro atoms. The molecule has 0 radical (unpaired) electrons. The lowest BCUT2D eigenvalue weighted by molar-refractivity contribution is 0.477. The summed E-state index contributed by atoms with van der Waals surface area (Å²) < 4.78 is 59.4. The molecule has 26 heavy (non-hydrogen) atoms. The molecule has 3 aromatic carbocycles. The minimum Gasteiger partial charge on any atom is -0.506 e. The lowest BCUT2D eigenvalue weighted by Crippen LogP contribution is -2.36. The molecule has 0 fully saturated rings. The van der Waals surface area contributed by atoms with Crippen LogP contribution >= 0.6 is 0 Å². The number of rotatable bonds is 4. The smallest absolute Gasteiger partial charge is 0.373 e. The van der Waals surface area contributed by atoms with Gasteiger partial charge < -0.3 is 10.8 Å². The van der Waals surface area contributed by atoms with Crippen molar-refractivity contribution in [2.45, 2.75) is 4.90 Å². The molecule has 8 nitrogen and oxygen atoms in total. The summed E-state index contributed by atoms with van der Waals surface area (Å²) in [6, 6.07) is 13.8. The van der Waals surface area contributed by atoms with E-state index >= 15 is 0 Å². The van der Waals surface area contributed by atoms with Crippen molar-refractivity contribution in [3.05, 3.63) is 60.7 Å². The molecule has 0 bridgehead atoms. The van der Waals surface area contributed by atoms with Crippen molar-refractivity contribution < 1.29 is 26.5 Å². The van der Waals surface area contributed by atoms with Crippen LogP contribution in [-0.4, -0.2) is 26.5 Å². The fraction of sp³-hybridized carbons (Fsp3) is 0. The van der Waals surface area contributed by atoms with Crippen molar-refractivity contribution in [2.24, 2.45) is 0 Å². The van der Waals surface area contributed by atoms with E-state index in [1.807, 2.05) is 0 Å². The Morgan fingerprint density at radius 1 is 0.885 bits per heavy atom. The third kappa shape index (κ3) is 3.05. The topological polar surface area (TPSA) is 138 Å². The first kappa shape index (κ1) is 18.0. The van der Waals surface area contributed by atoms with Crippen LogP contribution in [0.2, 0.25) is 0 Å². The van der Waals surface area contributed by atoms with Gasteiger partial charge in [0.2, 0.25) is 0 Å². The van der Waals surface area contributed by atoms with Crippen LogP contribution in [0.4, 0.5) is 11.4 Å². The normalized spacial score (nSPS) is 12.2. The summed E-state index contributed by atoms with van der Waals surface area (Å²) >= 11 is 0. The molecule has 0 amide bonds. The Bertz CT molecular complexity index is 1200. The maximum Gasteiger partial charge on any atom is 0.373 e. The molecule has 3 rings (SSSR count). The Morgan fingerprint density at radius 3 is 2.19 bits per heavy atom. The van der Waals surface area contributed by atoms with Gasteiger partial charge in [-0.2, -0.15) is 16.8 Å². The second-order valence-corrected chi connectivity index (χ2v) is 8.68. The predicted octanol–water partition coefficient (Wildman–Crippen LogP) is 2.13. The SMILES string of the molecule is Nc1cc(S(=O)(=O)N(c2cccc3ccccc23)S(=O)(=O)O)ccc1O. The third-order valence-electron chi connectivity index (χ3n) is 3.69. The van der Waals surface area contributed by atoms with E-state index in [1.54, 1.807) is 24.3 Å². The molecule has 4 N–H and O–H groups in total. The van der Waals surface area contributed by atoms with Crippen LogP contribution in [0.5, 0.6) is 5.75 Å². The van der Waals surface area contributed by atoms with E-state index < -0.39 is 25.2 Å². The minimum atomic E-state index is -5.20. The second-order valence-electron chi connectivity index (χ2n) is 5.40. The van der Waals surface area contributed by atoms with Crippen LogP contribution in [0, 0.1) is 0 Å². The van der Waals surface area contributed by atoms with Crippen LogP contribution in [0.3, 0.4) is 0 Å². The van der Waals surface area contributed by atoms with Crippen molar-refractivity contribution in [1.29, 1.82) is 0 Å². The fourth-order valence-corrected chi connectivity index (χ4v) is 5.32. The Kier molecular flexibility index (Phi) is 4.26. The van der Waals surface area contributed by atoms with Gasteiger partial charge in [-0.25, -0.2) is 0 Å². The molecule has 0 atom stereocenters. The van der Waals surface area contributed by atoms with Crippen molar-refractivity contribution in [3.63, 3.8) is 0 Å². The Labute approximate surface area is 150 Å². The van der Waals surface area contributed by atoms with Gasteiger partial charge in [-0.15, -0.1) is 3.71 Å². The highest BCUT2D eigenvalue weighted by Gasteiger charge is 2.35. The molecule has 0 saturated heterocycles.